The van der Waals surface area contributed by atoms with Gasteiger partial charge >= 0.3 is 11.9 Å². The summed E-state index contributed by atoms with van der Waals surface area (Å²) in [7, 11) is -3.50. The normalized spacial score (nSPS) is 12.1. The zero-order chi connectivity index (χ0) is 35.0. The molecule has 0 saturated heterocycles. The molecule has 0 atom stereocenters. The lowest BCUT2D eigenvalue weighted by Crippen LogP contribution is -2.40. The van der Waals surface area contributed by atoms with Gasteiger partial charge in [0.15, 0.2) is 16.6 Å². The molecule has 0 unspecified atom stereocenters. The van der Waals surface area contributed by atoms with Gasteiger partial charge in [-0.25, -0.2) is 0 Å². The number of ether oxygens (including phenoxy) is 2. The largest absolute Gasteiger partial charge is 0.466 e. The van der Waals surface area contributed by atoms with Crippen molar-refractivity contribution in [1.82, 2.24) is 0 Å². The van der Waals surface area contributed by atoms with E-state index in [1.54, 1.807) is 13.8 Å². The molecule has 0 saturated carbocycles. The zero-order valence-electron chi connectivity index (χ0n) is 31.1. The van der Waals surface area contributed by atoms with Gasteiger partial charge in [-0.1, -0.05) is 65.2 Å². The van der Waals surface area contributed by atoms with Gasteiger partial charge in [0, 0.05) is 37.2 Å². The number of hydrogen-bond acceptors (Lipinski definition) is 6. The van der Waals surface area contributed by atoms with E-state index >= 15 is 0 Å². The van der Waals surface area contributed by atoms with Crippen LogP contribution in [0.2, 0.25) is 36.3 Å². The first-order valence-electron chi connectivity index (χ1n) is 17.1. The van der Waals surface area contributed by atoms with Crippen LogP contribution in [0, 0.1) is 23.7 Å². The van der Waals surface area contributed by atoms with Gasteiger partial charge < -0.3 is 18.3 Å². The third kappa shape index (κ3) is 15.0. The molecule has 6 nitrogen and oxygen atoms in total. The number of hydrogen-bond donors (Lipinski definition) is 0. The van der Waals surface area contributed by atoms with Gasteiger partial charge in [0.1, 0.15) is 0 Å². The molecule has 0 aliphatic carbocycles. The summed E-state index contributed by atoms with van der Waals surface area (Å²) in [6, 6.07) is 3.80. The molecule has 258 valence electrons. The smallest absolute Gasteiger partial charge is 0.310 e. The Labute approximate surface area is 283 Å². The Bertz CT molecular complexity index is 1150. The van der Waals surface area contributed by atoms with Gasteiger partial charge in [-0.05, 0) is 99.1 Å². The predicted molar refractivity (Wildman–Crippen MR) is 195 cm³/mol. The van der Waals surface area contributed by atoms with Gasteiger partial charge in [0.2, 0.25) is 0 Å². The number of esters is 2. The molecular weight excluding hydrogens is 609 g/mol. The Kier molecular flexibility index (Phi) is 17.6. The molecule has 0 spiro atoms. The van der Waals surface area contributed by atoms with Gasteiger partial charge in [-0.2, -0.15) is 0 Å². The first-order chi connectivity index (χ1) is 21.3. The van der Waals surface area contributed by atoms with Crippen LogP contribution in [0.1, 0.15) is 116 Å². The third-order valence-corrected chi connectivity index (χ3v) is 18.1. The maximum atomic E-state index is 12.5. The Morgan fingerprint density at radius 1 is 0.630 bits per heavy atom. The molecule has 0 aliphatic heterocycles. The first kappa shape index (κ1) is 41.7. The Balaban J connectivity index is 3.14. The first-order valence-corrected chi connectivity index (χ1v) is 22.9. The molecule has 0 N–H and O–H groups in total. The Morgan fingerprint density at radius 2 is 0.978 bits per heavy atom. The monoisotopic (exact) mass is 670 g/mol. The third-order valence-electron chi connectivity index (χ3n) is 9.00. The average Bonchev–Trinajstić information content (AvgIpc) is 2.92. The lowest BCUT2D eigenvalue weighted by atomic mass is 9.94. The summed E-state index contributed by atoms with van der Waals surface area (Å²) < 4.78 is 23.1. The summed E-state index contributed by atoms with van der Waals surface area (Å²) in [6.45, 7) is 28.3. The highest BCUT2D eigenvalue weighted by atomic mass is 28.4. The number of carbonyl (C=O) groups is 2. The number of unbranched alkanes of at least 4 members (excludes halogenated alkanes) is 4. The minimum atomic E-state index is -1.75. The van der Waals surface area contributed by atoms with Crippen LogP contribution in [0.25, 0.3) is 0 Å². The molecule has 1 aromatic rings. The lowest BCUT2D eigenvalue weighted by molar-refractivity contribution is -0.143. The van der Waals surface area contributed by atoms with Crippen LogP contribution in [-0.2, 0) is 40.8 Å². The van der Waals surface area contributed by atoms with Gasteiger partial charge in [0.25, 0.3) is 0 Å². The molecule has 0 heterocycles. The van der Waals surface area contributed by atoms with Crippen molar-refractivity contribution >= 4 is 28.6 Å². The van der Waals surface area contributed by atoms with E-state index in [9.17, 15) is 9.59 Å². The summed E-state index contributed by atoms with van der Waals surface area (Å²) in [4.78, 5) is 24.9. The standard InChI is InChI=1S/C38H62O6Si2/c1-13-41-35(39)29-33-27-31(23-19-15-17-21-25-43-45(9,10)37(3,4)5)32(28-34(33)30-36(40)42-14-2)24-20-16-18-22-26-44-46(11,12)38(6,7)8/h27-28H,13-18,21-22,25-26,29-30H2,1-12H3. The van der Waals surface area contributed by atoms with Crippen molar-refractivity contribution < 1.29 is 27.9 Å². The maximum Gasteiger partial charge on any atom is 0.310 e. The van der Waals surface area contributed by atoms with E-state index in [2.05, 4.69) is 91.4 Å². The molecule has 1 rings (SSSR count). The van der Waals surface area contributed by atoms with E-state index in [1.807, 2.05) is 12.1 Å². The second-order valence-electron chi connectivity index (χ2n) is 14.9. The van der Waals surface area contributed by atoms with Crippen molar-refractivity contribution in [3.8, 4) is 23.7 Å². The minimum Gasteiger partial charge on any atom is -0.466 e. The van der Waals surface area contributed by atoms with E-state index in [0.29, 0.717) is 24.3 Å². The molecule has 0 aliphatic rings. The molecule has 0 amide bonds. The fraction of sp³-hybridized carbons (Fsp3) is 0.684. The summed E-state index contributed by atoms with van der Waals surface area (Å²) in [5.41, 5.74) is 2.95. The van der Waals surface area contributed by atoms with Crippen molar-refractivity contribution in [1.29, 1.82) is 0 Å². The van der Waals surface area contributed by atoms with Crippen LogP contribution >= 0.6 is 0 Å². The second-order valence-corrected chi connectivity index (χ2v) is 24.5. The highest BCUT2D eigenvalue weighted by molar-refractivity contribution is 6.74. The summed E-state index contributed by atoms with van der Waals surface area (Å²) in [5.74, 6) is 12.6. The van der Waals surface area contributed by atoms with Crippen molar-refractivity contribution in [3.05, 3.63) is 34.4 Å². The molecule has 1 aromatic carbocycles. The van der Waals surface area contributed by atoms with Crippen LogP contribution in [-0.4, -0.2) is 55.0 Å². The molecule has 0 fully saturated rings. The Hall–Kier alpha value is -2.37. The van der Waals surface area contributed by atoms with Crippen molar-refractivity contribution in [2.24, 2.45) is 0 Å². The van der Waals surface area contributed by atoms with E-state index < -0.39 is 16.6 Å². The molecule has 0 aromatic heterocycles. The van der Waals surface area contributed by atoms with E-state index in [1.165, 1.54) is 0 Å². The highest BCUT2D eigenvalue weighted by Crippen LogP contribution is 2.37. The van der Waals surface area contributed by atoms with E-state index in [0.717, 1.165) is 62.9 Å². The predicted octanol–water partition coefficient (Wildman–Crippen LogP) is 8.99. The summed E-state index contributed by atoms with van der Waals surface area (Å²) in [6.07, 6.45) is 5.39. The van der Waals surface area contributed by atoms with Gasteiger partial charge in [0.05, 0.1) is 26.1 Å². The van der Waals surface area contributed by atoms with E-state index in [4.69, 9.17) is 18.3 Å². The van der Waals surface area contributed by atoms with Gasteiger partial charge in [-0.3, -0.25) is 9.59 Å². The van der Waals surface area contributed by atoms with E-state index in [-0.39, 0.29) is 34.9 Å². The van der Waals surface area contributed by atoms with Gasteiger partial charge in [-0.15, -0.1) is 0 Å². The van der Waals surface area contributed by atoms with Crippen molar-refractivity contribution in [3.63, 3.8) is 0 Å². The fourth-order valence-electron chi connectivity index (χ4n) is 3.99. The van der Waals surface area contributed by atoms with Crippen LogP contribution in [0.5, 0.6) is 0 Å². The lowest BCUT2D eigenvalue weighted by Gasteiger charge is -2.36. The fourth-order valence-corrected chi connectivity index (χ4v) is 6.17. The van der Waals surface area contributed by atoms with Crippen LogP contribution < -0.4 is 0 Å². The van der Waals surface area contributed by atoms with Crippen molar-refractivity contribution in [2.45, 2.75) is 143 Å². The molecule has 0 bridgehead atoms. The molecule has 8 heteroatoms. The zero-order valence-corrected chi connectivity index (χ0v) is 33.1. The topological polar surface area (TPSA) is 71.1 Å². The van der Waals surface area contributed by atoms with Crippen LogP contribution in [0.4, 0.5) is 0 Å². The number of carbonyl (C=O) groups excluding carboxylic acids is 2. The summed E-state index contributed by atoms with van der Waals surface area (Å²) in [5, 5.41) is 0.396. The maximum absolute atomic E-state index is 12.5. The molecule has 46 heavy (non-hydrogen) atoms. The highest BCUT2D eigenvalue weighted by Gasteiger charge is 2.37. The SMILES string of the molecule is CCOC(=O)Cc1cc(C#CCCCCO[Si](C)(C)C(C)(C)C)c(C#CCCCCO[Si](C)(C)C(C)(C)C)cc1CC(=O)OCC. The number of benzene rings is 1. The summed E-state index contributed by atoms with van der Waals surface area (Å²) >= 11 is 0. The van der Waals surface area contributed by atoms with Crippen molar-refractivity contribution in [2.75, 3.05) is 26.4 Å². The minimum absolute atomic E-state index is 0.0595. The number of rotatable bonds is 16. The Morgan fingerprint density at radius 3 is 1.28 bits per heavy atom. The van der Waals surface area contributed by atoms with Crippen LogP contribution in [0.15, 0.2) is 12.1 Å². The molecule has 0 radical (unpaired) electrons. The average molecular weight is 671 g/mol. The second kappa shape index (κ2) is 19.5. The molecular formula is C38H62O6Si2. The quantitative estimate of drug-likeness (QED) is 0.0757. The van der Waals surface area contributed by atoms with Crippen LogP contribution in [0.3, 0.4) is 0 Å².